The average molecular weight is 393 g/mol. The van der Waals surface area contributed by atoms with Gasteiger partial charge in [-0.2, -0.15) is 5.10 Å². The van der Waals surface area contributed by atoms with Gasteiger partial charge in [0.05, 0.1) is 23.4 Å². The molecule has 0 aliphatic rings. The molecule has 1 heterocycles. The van der Waals surface area contributed by atoms with E-state index in [4.69, 9.17) is 0 Å². The maximum Gasteiger partial charge on any atom is 0.270 e. The molecular weight excluding hydrogens is 374 g/mol. The van der Waals surface area contributed by atoms with Crippen LogP contribution >= 0.6 is 0 Å². The van der Waals surface area contributed by atoms with Crippen LogP contribution in [0.25, 0.3) is 5.69 Å². The monoisotopic (exact) mass is 393 g/mol. The molecule has 9 nitrogen and oxygen atoms in total. The first-order valence-electron chi connectivity index (χ1n) is 8.79. The van der Waals surface area contributed by atoms with Crippen LogP contribution in [0, 0.1) is 10.1 Å². The molecule has 1 aromatic heterocycles. The molecule has 0 spiro atoms. The summed E-state index contributed by atoms with van der Waals surface area (Å²) in [4.78, 5) is 36.2. The lowest BCUT2D eigenvalue weighted by atomic mass is 10.2. The highest BCUT2D eigenvalue weighted by Crippen LogP contribution is 2.13. The second-order valence-electron chi connectivity index (χ2n) is 6.37. The quantitative estimate of drug-likeness (QED) is 0.489. The van der Waals surface area contributed by atoms with Crippen LogP contribution in [0.15, 0.2) is 67.0 Å². The molecule has 1 N–H and O–H groups in total. The Balaban J connectivity index is 1.54. The standard InChI is InChI=1S/C20H19N5O4/c1-23(13-15-11-22-24(14-15)17-7-3-2-4-8-17)19(26)12-21-20(27)16-6-5-9-18(10-16)25(28)29/h2-11,14H,12-13H2,1H3,(H,21,27). The van der Waals surface area contributed by atoms with Crippen LogP contribution in [0.2, 0.25) is 0 Å². The summed E-state index contributed by atoms with van der Waals surface area (Å²) >= 11 is 0. The summed E-state index contributed by atoms with van der Waals surface area (Å²) in [6, 6.07) is 14.9. The largest absolute Gasteiger partial charge is 0.343 e. The van der Waals surface area contributed by atoms with Crippen molar-refractivity contribution in [1.82, 2.24) is 20.0 Å². The Hall–Kier alpha value is -4.01. The number of nitrogens with zero attached hydrogens (tertiary/aromatic N) is 4. The number of nitro groups is 1. The minimum Gasteiger partial charge on any atom is -0.343 e. The van der Waals surface area contributed by atoms with Gasteiger partial charge in [0, 0.05) is 43.0 Å². The summed E-state index contributed by atoms with van der Waals surface area (Å²) in [5.74, 6) is -0.844. The Bertz CT molecular complexity index is 1030. The van der Waals surface area contributed by atoms with Crippen molar-refractivity contribution in [3.8, 4) is 5.69 Å². The molecule has 3 aromatic rings. The van der Waals surface area contributed by atoms with Crippen molar-refractivity contribution in [2.75, 3.05) is 13.6 Å². The summed E-state index contributed by atoms with van der Waals surface area (Å²) < 4.78 is 1.72. The summed E-state index contributed by atoms with van der Waals surface area (Å²) in [7, 11) is 1.63. The van der Waals surface area contributed by atoms with Gasteiger partial charge in [0.1, 0.15) is 0 Å². The van der Waals surface area contributed by atoms with Crippen LogP contribution in [0.4, 0.5) is 5.69 Å². The van der Waals surface area contributed by atoms with E-state index >= 15 is 0 Å². The smallest absolute Gasteiger partial charge is 0.270 e. The molecule has 0 bridgehead atoms. The number of amides is 2. The molecule has 29 heavy (non-hydrogen) atoms. The Morgan fingerprint density at radius 1 is 1.17 bits per heavy atom. The number of hydrogen-bond donors (Lipinski definition) is 1. The minimum atomic E-state index is -0.578. The van der Waals surface area contributed by atoms with E-state index in [2.05, 4.69) is 10.4 Å². The number of benzene rings is 2. The van der Waals surface area contributed by atoms with Crippen LogP contribution in [-0.2, 0) is 11.3 Å². The fourth-order valence-electron chi connectivity index (χ4n) is 2.68. The van der Waals surface area contributed by atoms with Gasteiger partial charge in [-0.15, -0.1) is 0 Å². The Kier molecular flexibility index (Phi) is 5.98. The molecule has 0 atom stereocenters. The summed E-state index contributed by atoms with van der Waals surface area (Å²) in [6.07, 6.45) is 3.51. The number of likely N-dealkylation sites (N-methyl/N-ethyl adjacent to an activating group) is 1. The molecule has 0 saturated heterocycles. The van der Waals surface area contributed by atoms with Crippen LogP contribution in [0.3, 0.4) is 0 Å². The molecule has 148 valence electrons. The first-order valence-corrected chi connectivity index (χ1v) is 8.79. The van der Waals surface area contributed by atoms with Crippen LogP contribution in [-0.4, -0.2) is 45.0 Å². The van der Waals surface area contributed by atoms with Gasteiger partial charge in [-0.1, -0.05) is 24.3 Å². The van der Waals surface area contributed by atoms with Gasteiger partial charge in [-0.3, -0.25) is 19.7 Å². The van der Waals surface area contributed by atoms with Crippen molar-refractivity contribution in [1.29, 1.82) is 0 Å². The molecular formula is C20H19N5O4. The lowest BCUT2D eigenvalue weighted by Gasteiger charge is -2.16. The molecule has 9 heteroatoms. The topological polar surface area (TPSA) is 110 Å². The first kappa shape index (κ1) is 19.7. The molecule has 2 aromatic carbocycles. The van der Waals surface area contributed by atoms with E-state index in [1.54, 1.807) is 17.9 Å². The van der Waals surface area contributed by atoms with E-state index in [0.29, 0.717) is 6.54 Å². The SMILES string of the molecule is CN(Cc1cnn(-c2ccccc2)c1)C(=O)CNC(=O)c1cccc([N+](=O)[O-])c1. The van der Waals surface area contributed by atoms with E-state index < -0.39 is 10.8 Å². The maximum atomic E-state index is 12.3. The van der Waals surface area contributed by atoms with Gasteiger partial charge < -0.3 is 10.2 Å². The second kappa shape index (κ2) is 8.79. The highest BCUT2D eigenvalue weighted by Gasteiger charge is 2.15. The van der Waals surface area contributed by atoms with Gasteiger partial charge in [-0.25, -0.2) is 4.68 Å². The van der Waals surface area contributed by atoms with E-state index in [0.717, 1.165) is 11.3 Å². The summed E-state index contributed by atoms with van der Waals surface area (Å²) in [6.45, 7) is 0.114. The predicted molar refractivity (Wildman–Crippen MR) is 105 cm³/mol. The number of hydrogen-bond acceptors (Lipinski definition) is 5. The zero-order chi connectivity index (χ0) is 20.8. The highest BCUT2D eigenvalue weighted by molar-refractivity contribution is 5.96. The third-order valence-corrected chi connectivity index (χ3v) is 4.22. The number of rotatable bonds is 7. The summed E-state index contributed by atoms with van der Waals surface area (Å²) in [5, 5.41) is 17.6. The highest BCUT2D eigenvalue weighted by atomic mass is 16.6. The Morgan fingerprint density at radius 3 is 2.66 bits per heavy atom. The lowest BCUT2D eigenvalue weighted by Crippen LogP contribution is -2.37. The van der Waals surface area contributed by atoms with Gasteiger partial charge in [0.2, 0.25) is 5.91 Å². The van der Waals surface area contributed by atoms with E-state index in [9.17, 15) is 19.7 Å². The lowest BCUT2D eigenvalue weighted by molar-refractivity contribution is -0.384. The number of nitrogens with one attached hydrogen (secondary N) is 1. The zero-order valence-electron chi connectivity index (χ0n) is 15.7. The van der Waals surface area contributed by atoms with Gasteiger partial charge >= 0.3 is 0 Å². The third kappa shape index (κ3) is 5.04. The van der Waals surface area contributed by atoms with Crippen molar-refractivity contribution in [3.05, 3.63) is 88.2 Å². The zero-order valence-corrected chi connectivity index (χ0v) is 15.7. The average Bonchev–Trinajstić information content (AvgIpc) is 3.20. The number of para-hydroxylation sites is 1. The molecule has 0 fully saturated rings. The Morgan fingerprint density at radius 2 is 1.93 bits per heavy atom. The molecule has 0 radical (unpaired) electrons. The molecule has 2 amide bonds. The van der Waals surface area contributed by atoms with E-state index in [1.807, 2.05) is 36.5 Å². The molecule has 0 aliphatic carbocycles. The number of carbonyl (C=O) groups is 2. The van der Waals surface area contributed by atoms with Crippen molar-refractivity contribution < 1.29 is 14.5 Å². The van der Waals surface area contributed by atoms with E-state index in [-0.39, 0.29) is 23.7 Å². The molecule has 3 rings (SSSR count). The van der Waals surface area contributed by atoms with Crippen molar-refractivity contribution >= 4 is 17.5 Å². The normalized spacial score (nSPS) is 10.4. The molecule has 0 unspecified atom stereocenters. The predicted octanol–water partition coefficient (Wildman–Crippen LogP) is 2.17. The van der Waals surface area contributed by atoms with Crippen molar-refractivity contribution in [2.45, 2.75) is 6.54 Å². The number of aromatic nitrogens is 2. The number of non-ortho nitro benzene ring substituents is 1. The van der Waals surface area contributed by atoms with Crippen molar-refractivity contribution in [3.63, 3.8) is 0 Å². The van der Waals surface area contributed by atoms with Crippen LogP contribution < -0.4 is 5.32 Å². The van der Waals surface area contributed by atoms with Gasteiger partial charge in [0.15, 0.2) is 0 Å². The molecule has 0 aliphatic heterocycles. The fraction of sp³-hybridized carbons (Fsp3) is 0.150. The number of nitro benzene ring substituents is 1. The minimum absolute atomic E-state index is 0.124. The molecule has 0 saturated carbocycles. The van der Waals surface area contributed by atoms with Crippen LogP contribution in [0.5, 0.6) is 0 Å². The summed E-state index contributed by atoms with van der Waals surface area (Å²) in [5.41, 5.74) is 1.70. The third-order valence-electron chi connectivity index (χ3n) is 4.22. The van der Waals surface area contributed by atoms with Gasteiger partial charge in [-0.05, 0) is 18.2 Å². The number of carbonyl (C=O) groups excluding carboxylic acids is 2. The fourth-order valence-corrected chi connectivity index (χ4v) is 2.68. The van der Waals surface area contributed by atoms with E-state index in [1.165, 1.54) is 29.2 Å². The second-order valence-corrected chi connectivity index (χ2v) is 6.37. The van der Waals surface area contributed by atoms with Crippen LogP contribution in [0.1, 0.15) is 15.9 Å². The maximum absolute atomic E-state index is 12.3. The van der Waals surface area contributed by atoms with Crippen molar-refractivity contribution in [2.24, 2.45) is 0 Å². The first-order chi connectivity index (χ1) is 13.9. The van der Waals surface area contributed by atoms with Gasteiger partial charge in [0.25, 0.3) is 11.6 Å². The Labute approximate surface area is 166 Å².